The number of Topliss-reactive ketones (excluding diaryl/α,β-unsaturated/α-hetero) is 1. The monoisotopic (exact) mass is 339 g/mol. The maximum atomic E-state index is 12.1. The van der Waals surface area contributed by atoms with Gasteiger partial charge in [0, 0.05) is 29.5 Å². The first-order chi connectivity index (χ1) is 9.46. The van der Waals surface area contributed by atoms with Crippen molar-refractivity contribution >= 4 is 21.7 Å². The third-order valence-electron chi connectivity index (χ3n) is 3.98. The molecule has 0 amide bonds. The Hall–Kier alpha value is -0.710. The zero-order valence-electron chi connectivity index (χ0n) is 11.9. The standard InChI is InChI=1S/C16H22BrNO2/c1-16(20)8-2-10-18(12-9-16)11-7-15(19)13-3-5-14(17)6-4-13/h3-6,20H,2,7-12H2,1H3. The van der Waals surface area contributed by atoms with Crippen LogP contribution in [0.3, 0.4) is 0 Å². The first kappa shape index (κ1) is 15.7. The highest BCUT2D eigenvalue weighted by Crippen LogP contribution is 2.21. The van der Waals surface area contributed by atoms with E-state index in [1.807, 2.05) is 31.2 Å². The molecule has 0 aromatic heterocycles. The van der Waals surface area contributed by atoms with Gasteiger partial charge in [0.25, 0.3) is 0 Å². The number of rotatable bonds is 4. The second kappa shape index (κ2) is 6.83. The number of ketones is 1. The van der Waals surface area contributed by atoms with E-state index in [-0.39, 0.29) is 5.78 Å². The smallest absolute Gasteiger partial charge is 0.164 e. The van der Waals surface area contributed by atoms with Crippen LogP contribution in [0.15, 0.2) is 28.7 Å². The van der Waals surface area contributed by atoms with Gasteiger partial charge in [-0.25, -0.2) is 0 Å². The van der Waals surface area contributed by atoms with Crippen LogP contribution in [0, 0.1) is 0 Å². The normalized spacial score (nSPS) is 24.4. The molecule has 1 aromatic carbocycles. The van der Waals surface area contributed by atoms with Crippen LogP contribution in [0.2, 0.25) is 0 Å². The SMILES string of the molecule is CC1(O)CCCN(CCC(=O)c2ccc(Br)cc2)CC1. The van der Waals surface area contributed by atoms with E-state index in [2.05, 4.69) is 20.8 Å². The number of carbonyl (C=O) groups excluding carboxylic acids is 1. The lowest BCUT2D eigenvalue weighted by atomic mass is 9.98. The van der Waals surface area contributed by atoms with Gasteiger partial charge in [0.2, 0.25) is 0 Å². The number of hydrogen-bond acceptors (Lipinski definition) is 3. The number of likely N-dealkylation sites (tertiary alicyclic amines) is 1. The minimum atomic E-state index is -0.537. The van der Waals surface area contributed by atoms with Crippen molar-refractivity contribution in [2.45, 2.75) is 38.2 Å². The van der Waals surface area contributed by atoms with E-state index in [1.54, 1.807) is 0 Å². The van der Waals surface area contributed by atoms with Gasteiger partial charge >= 0.3 is 0 Å². The average Bonchev–Trinajstić information content (AvgIpc) is 2.58. The van der Waals surface area contributed by atoms with Gasteiger partial charge in [-0.2, -0.15) is 0 Å². The maximum Gasteiger partial charge on any atom is 0.164 e. The average molecular weight is 340 g/mol. The summed E-state index contributed by atoms with van der Waals surface area (Å²) in [5, 5.41) is 10.1. The van der Waals surface area contributed by atoms with Crippen molar-refractivity contribution in [3.8, 4) is 0 Å². The van der Waals surface area contributed by atoms with Crippen LogP contribution in [0.5, 0.6) is 0 Å². The number of carbonyl (C=O) groups is 1. The minimum absolute atomic E-state index is 0.188. The van der Waals surface area contributed by atoms with Crippen molar-refractivity contribution in [2.24, 2.45) is 0 Å². The molecule has 110 valence electrons. The summed E-state index contributed by atoms with van der Waals surface area (Å²) in [6.45, 7) is 4.54. The van der Waals surface area contributed by atoms with E-state index in [9.17, 15) is 9.90 Å². The summed E-state index contributed by atoms with van der Waals surface area (Å²) in [6, 6.07) is 7.52. The van der Waals surface area contributed by atoms with E-state index in [4.69, 9.17) is 0 Å². The van der Waals surface area contributed by atoms with Crippen LogP contribution in [-0.4, -0.2) is 41.0 Å². The molecule has 1 heterocycles. The fourth-order valence-corrected chi connectivity index (χ4v) is 2.85. The van der Waals surface area contributed by atoms with Gasteiger partial charge in [-0.05, 0) is 44.9 Å². The number of nitrogens with zero attached hydrogens (tertiary/aromatic N) is 1. The summed E-state index contributed by atoms with van der Waals surface area (Å²) < 4.78 is 0.990. The number of hydrogen-bond donors (Lipinski definition) is 1. The third kappa shape index (κ3) is 4.69. The molecule has 20 heavy (non-hydrogen) atoms. The number of aliphatic hydroxyl groups is 1. The molecule has 2 rings (SSSR count). The minimum Gasteiger partial charge on any atom is -0.390 e. The summed E-state index contributed by atoms with van der Waals surface area (Å²) in [5.74, 6) is 0.188. The highest BCUT2D eigenvalue weighted by atomic mass is 79.9. The van der Waals surface area contributed by atoms with Crippen LogP contribution >= 0.6 is 15.9 Å². The molecule has 1 fully saturated rings. The zero-order valence-corrected chi connectivity index (χ0v) is 13.5. The molecule has 4 heteroatoms. The van der Waals surface area contributed by atoms with Crippen LogP contribution in [-0.2, 0) is 0 Å². The summed E-state index contributed by atoms with van der Waals surface area (Å²) in [4.78, 5) is 14.4. The first-order valence-electron chi connectivity index (χ1n) is 7.20. The molecule has 1 aliphatic rings. The van der Waals surface area contributed by atoms with Gasteiger partial charge in [-0.15, -0.1) is 0 Å². The quantitative estimate of drug-likeness (QED) is 0.856. The van der Waals surface area contributed by atoms with E-state index < -0.39 is 5.60 Å². The Kier molecular flexibility index (Phi) is 5.35. The van der Waals surface area contributed by atoms with E-state index in [0.717, 1.165) is 48.9 Å². The Morgan fingerprint density at radius 1 is 1.30 bits per heavy atom. The Morgan fingerprint density at radius 2 is 2.00 bits per heavy atom. The van der Waals surface area contributed by atoms with Gasteiger partial charge in [0.05, 0.1) is 5.60 Å². The zero-order chi connectivity index (χ0) is 14.6. The molecule has 0 saturated carbocycles. The number of benzene rings is 1. The predicted octanol–water partition coefficient (Wildman–Crippen LogP) is 3.26. The van der Waals surface area contributed by atoms with E-state index in [0.29, 0.717) is 6.42 Å². The van der Waals surface area contributed by atoms with Gasteiger partial charge < -0.3 is 10.0 Å². The molecule has 0 spiro atoms. The Balaban J connectivity index is 1.83. The molecule has 3 nitrogen and oxygen atoms in total. The van der Waals surface area contributed by atoms with E-state index in [1.165, 1.54) is 0 Å². The molecule has 0 bridgehead atoms. The van der Waals surface area contributed by atoms with Crippen molar-refractivity contribution in [1.82, 2.24) is 4.90 Å². The molecule has 1 atom stereocenters. The van der Waals surface area contributed by atoms with Gasteiger partial charge in [0.1, 0.15) is 0 Å². The summed E-state index contributed by atoms with van der Waals surface area (Å²) >= 11 is 3.37. The van der Waals surface area contributed by atoms with Crippen molar-refractivity contribution in [2.75, 3.05) is 19.6 Å². The summed E-state index contributed by atoms with van der Waals surface area (Å²) in [6.07, 6.45) is 3.19. The van der Waals surface area contributed by atoms with Crippen LogP contribution in [0.1, 0.15) is 43.0 Å². The molecule has 0 aliphatic carbocycles. The van der Waals surface area contributed by atoms with Crippen LogP contribution < -0.4 is 0 Å². The lowest BCUT2D eigenvalue weighted by molar-refractivity contribution is 0.0447. The second-order valence-electron chi connectivity index (χ2n) is 5.87. The highest BCUT2D eigenvalue weighted by Gasteiger charge is 2.24. The Bertz CT molecular complexity index is 456. The van der Waals surface area contributed by atoms with E-state index >= 15 is 0 Å². The fraction of sp³-hybridized carbons (Fsp3) is 0.562. The van der Waals surface area contributed by atoms with Crippen molar-refractivity contribution in [1.29, 1.82) is 0 Å². The van der Waals surface area contributed by atoms with Gasteiger partial charge in [0.15, 0.2) is 5.78 Å². The molecule has 1 N–H and O–H groups in total. The maximum absolute atomic E-state index is 12.1. The number of halogens is 1. The van der Waals surface area contributed by atoms with Gasteiger partial charge in [-0.1, -0.05) is 28.1 Å². The third-order valence-corrected chi connectivity index (χ3v) is 4.51. The molecular weight excluding hydrogens is 318 g/mol. The lowest BCUT2D eigenvalue weighted by Gasteiger charge is -2.22. The Morgan fingerprint density at radius 3 is 2.70 bits per heavy atom. The predicted molar refractivity (Wildman–Crippen MR) is 84.0 cm³/mol. The van der Waals surface area contributed by atoms with Crippen LogP contribution in [0.4, 0.5) is 0 Å². The summed E-state index contributed by atoms with van der Waals surface area (Å²) in [5.41, 5.74) is 0.236. The molecule has 1 saturated heterocycles. The molecule has 0 radical (unpaired) electrons. The molecule has 1 aromatic rings. The first-order valence-corrected chi connectivity index (χ1v) is 7.99. The van der Waals surface area contributed by atoms with Crippen molar-refractivity contribution in [3.63, 3.8) is 0 Å². The highest BCUT2D eigenvalue weighted by molar-refractivity contribution is 9.10. The van der Waals surface area contributed by atoms with Crippen LogP contribution in [0.25, 0.3) is 0 Å². The Labute approximate surface area is 129 Å². The molecular formula is C16H22BrNO2. The topological polar surface area (TPSA) is 40.5 Å². The van der Waals surface area contributed by atoms with Crippen molar-refractivity contribution in [3.05, 3.63) is 34.3 Å². The molecule has 1 aliphatic heterocycles. The van der Waals surface area contributed by atoms with Crippen molar-refractivity contribution < 1.29 is 9.90 Å². The lowest BCUT2D eigenvalue weighted by Crippen LogP contribution is -2.30. The summed E-state index contributed by atoms with van der Waals surface area (Å²) in [7, 11) is 0. The molecule has 1 unspecified atom stereocenters. The largest absolute Gasteiger partial charge is 0.390 e. The second-order valence-corrected chi connectivity index (χ2v) is 6.79. The van der Waals surface area contributed by atoms with Gasteiger partial charge in [-0.3, -0.25) is 4.79 Å². The fourth-order valence-electron chi connectivity index (χ4n) is 2.58.